The normalized spacial score (nSPS) is 10.3. The zero-order valence-electron chi connectivity index (χ0n) is 12.3. The van der Waals surface area contributed by atoms with E-state index in [1.807, 2.05) is 0 Å². The minimum atomic E-state index is -0.305. The van der Waals surface area contributed by atoms with Gasteiger partial charge in [0.1, 0.15) is 18.2 Å². The van der Waals surface area contributed by atoms with Crippen molar-refractivity contribution in [3.05, 3.63) is 64.9 Å². The molecule has 0 aromatic heterocycles. The quantitative estimate of drug-likeness (QED) is 0.814. The summed E-state index contributed by atoms with van der Waals surface area (Å²) in [5.74, 6) is 0.371. The summed E-state index contributed by atoms with van der Waals surface area (Å²) < 4.78 is 18.4. The van der Waals surface area contributed by atoms with Gasteiger partial charge in [-0.05, 0) is 42.0 Å². The van der Waals surface area contributed by atoms with Crippen LogP contribution in [-0.4, -0.2) is 31.0 Å². The van der Waals surface area contributed by atoms with Crippen molar-refractivity contribution in [2.75, 3.05) is 20.2 Å². The lowest BCUT2D eigenvalue weighted by Gasteiger charge is -2.17. The number of likely N-dealkylation sites (N-methyl/N-ethyl adjacent to an activating group) is 1. The first-order valence-electron chi connectivity index (χ1n) is 6.91. The van der Waals surface area contributed by atoms with Crippen molar-refractivity contribution in [1.82, 2.24) is 4.90 Å². The number of rotatable bonds is 6. The second kappa shape index (κ2) is 7.80. The number of nitrogens with zero attached hydrogens (tertiary/aromatic N) is 1. The van der Waals surface area contributed by atoms with Gasteiger partial charge >= 0.3 is 0 Å². The van der Waals surface area contributed by atoms with Crippen LogP contribution in [0.5, 0.6) is 5.75 Å². The lowest BCUT2D eigenvalue weighted by molar-refractivity contribution is -0.129. The highest BCUT2D eigenvalue weighted by atomic mass is 35.5. The average Bonchev–Trinajstić information content (AvgIpc) is 2.51. The summed E-state index contributed by atoms with van der Waals surface area (Å²) >= 11 is 5.79. The molecule has 3 nitrogen and oxygen atoms in total. The zero-order chi connectivity index (χ0) is 15.9. The number of hydrogen-bond acceptors (Lipinski definition) is 2. The van der Waals surface area contributed by atoms with E-state index in [1.54, 1.807) is 48.3 Å². The Hall–Kier alpha value is -2.07. The van der Waals surface area contributed by atoms with E-state index in [2.05, 4.69) is 0 Å². The van der Waals surface area contributed by atoms with Crippen molar-refractivity contribution in [2.24, 2.45) is 0 Å². The SMILES string of the molecule is CN(CCOc1ccc(Cl)cc1)C(=O)Cc1ccc(F)cc1. The van der Waals surface area contributed by atoms with Crippen LogP contribution in [-0.2, 0) is 11.2 Å². The third-order valence-electron chi connectivity index (χ3n) is 3.20. The number of amides is 1. The van der Waals surface area contributed by atoms with E-state index < -0.39 is 0 Å². The average molecular weight is 322 g/mol. The van der Waals surface area contributed by atoms with E-state index >= 15 is 0 Å². The van der Waals surface area contributed by atoms with Gasteiger partial charge in [-0.15, -0.1) is 0 Å². The molecule has 2 aromatic rings. The van der Waals surface area contributed by atoms with E-state index in [4.69, 9.17) is 16.3 Å². The summed E-state index contributed by atoms with van der Waals surface area (Å²) in [5, 5.41) is 0.652. The molecule has 0 saturated carbocycles. The zero-order valence-corrected chi connectivity index (χ0v) is 13.0. The molecule has 0 aliphatic carbocycles. The van der Waals surface area contributed by atoms with Crippen LogP contribution < -0.4 is 4.74 Å². The summed E-state index contributed by atoms with van der Waals surface area (Å²) in [6.07, 6.45) is 0.248. The molecule has 0 bridgehead atoms. The van der Waals surface area contributed by atoms with E-state index in [0.29, 0.717) is 23.9 Å². The Kier molecular flexibility index (Phi) is 5.78. The largest absolute Gasteiger partial charge is 0.492 e. The summed E-state index contributed by atoms with van der Waals surface area (Å²) in [5.41, 5.74) is 0.789. The summed E-state index contributed by atoms with van der Waals surface area (Å²) in [6, 6.07) is 13.0. The fourth-order valence-electron chi connectivity index (χ4n) is 1.87. The molecule has 5 heteroatoms. The van der Waals surface area contributed by atoms with Crippen LogP contribution in [0.1, 0.15) is 5.56 Å². The second-order valence-corrected chi connectivity index (χ2v) is 5.36. The molecule has 0 saturated heterocycles. The molecule has 0 fully saturated rings. The Labute approximate surface area is 134 Å². The molecule has 0 aliphatic heterocycles. The van der Waals surface area contributed by atoms with Gasteiger partial charge in [-0.1, -0.05) is 23.7 Å². The molecular formula is C17H17ClFNO2. The van der Waals surface area contributed by atoms with E-state index in [-0.39, 0.29) is 18.1 Å². The maximum Gasteiger partial charge on any atom is 0.226 e. The molecule has 0 radical (unpaired) electrons. The highest BCUT2D eigenvalue weighted by Crippen LogP contribution is 2.15. The summed E-state index contributed by atoms with van der Waals surface area (Å²) in [6.45, 7) is 0.871. The highest BCUT2D eigenvalue weighted by Gasteiger charge is 2.09. The van der Waals surface area contributed by atoms with E-state index in [1.165, 1.54) is 12.1 Å². The molecule has 0 heterocycles. The molecule has 1 amide bonds. The lowest BCUT2D eigenvalue weighted by atomic mass is 10.1. The molecular weight excluding hydrogens is 305 g/mol. The molecule has 22 heavy (non-hydrogen) atoms. The predicted octanol–water partition coefficient (Wildman–Crippen LogP) is 3.56. The van der Waals surface area contributed by atoms with Gasteiger partial charge in [0.25, 0.3) is 0 Å². The first-order valence-corrected chi connectivity index (χ1v) is 7.29. The van der Waals surface area contributed by atoms with Gasteiger partial charge < -0.3 is 9.64 Å². The van der Waals surface area contributed by atoms with Gasteiger partial charge in [-0.25, -0.2) is 4.39 Å². The monoisotopic (exact) mass is 321 g/mol. The summed E-state index contributed by atoms with van der Waals surface area (Å²) in [4.78, 5) is 13.6. The van der Waals surface area contributed by atoms with Crippen molar-refractivity contribution < 1.29 is 13.9 Å². The van der Waals surface area contributed by atoms with Gasteiger partial charge in [0.05, 0.1) is 13.0 Å². The number of carbonyl (C=O) groups excluding carboxylic acids is 1. The maximum atomic E-state index is 12.8. The van der Waals surface area contributed by atoms with Crippen LogP contribution in [0.15, 0.2) is 48.5 Å². The maximum absolute atomic E-state index is 12.8. The van der Waals surface area contributed by atoms with Gasteiger partial charge in [0, 0.05) is 12.1 Å². The third-order valence-corrected chi connectivity index (χ3v) is 3.46. The van der Waals surface area contributed by atoms with E-state index in [9.17, 15) is 9.18 Å². The first kappa shape index (κ1) is 16.3. The predicted molar refractivity (Wildman–Crippen MR) is 84.7 cm³/mol. The minimum Gasteiger partial charge on any atom is -0.492 e. The smallest absolute Gasteiger partial charge is 0.226 e. The number of benzene rings is 2. The van der Waals surface area contributed by atoms with Gasteiger partial charge in [-0.3, -0.25) is 4.79 Å². The highest BCUT2D eigenvalue weighted by molar-refractivity contribution is 6.30. The Morgan fingerprint density at radius 1 is 1.14 bits per heavy atom. The third kappa shape index (κ3) is 5.04. The van der Waals surface area contributed by atoms with E-state index in [0.717, 1.165) is 5.56 Å². The van der Waals surface area contributed by atoms with Crippen molar-refractivity contribution >= 4 is 17.5 Å². The number of hydrogen-bond donors (Lipinski definition) is 0. The molecule has 0 atom stereocenters. The summed E-state index contributed by atoms with van der Waals surface area (Å²) in [7, 11) is 1.72. The first-order chi connectivity index (χ1) is 10.5. The molecule has 0 aliphatic rings. The van der Waals surface area contributed by atoms with Crippen LogP contribution in [0.4, 0.5) is 4.39 Å². The standard InChI is InChI=1S/C17H17ClFNO2/c1-20(10-11-22-16-8-4-14(18)5-9-16)17(21)12-13-2-6-15(19)7-3-13/h2-9H,10-12H2,1H3. The number of halogens is 2. The minimum absolute atomic E-state index is 0.0358. The fraction of sp³-hybridized carbons (Fsp3) is 0.235. The number of carbonyl (C=O) groups is 1. The van der Waals surface area contributed by atoms with Crippen molar-refractivity contribution in [3.63, 3.8) is 0 Å². The molecule has 116 valence electrons. The lowest BCUT2D eigenvalue weighted by Crippen LogP contribution is -2.32. The van der Waals surface area contributed by atoms with Crippen LogP contribution in [0, 0.1) is 5.82 Å². The van der Waals surface area contributed by atoms with Crippen molar-refractivity contribution in [1.29, 1.82) is 0 Å². The van der Waals surface area contributed by atoms with Crippen molar-refractivity contribution in [3.8, 4) is 5.75 Å². The van der Waals surface area contributed by atoms with Gasteiger partial charge in [-0.2, -0.15) is 0 Å². The van der Waals surface area contributed by atoms with Gasteiger partial charge in [0.2, 0.25) is 5.91 Å². The molecule has 2 aromatic carbocycles. The molecule has 0 unspecified atom stereocenters. The van der Waals surface area contributed by atoms with Crippen LogP contribution in [0.3, 0.4) is 0 Å². The Balaban J connectivity index is 1.76. The Morgan fingerprint density at radius 3 is 2.41 bits per heavy atom. The van der Waals surface area contributed by atoms with Crippen LogP contribution in [0.2, 0.25) is 5.02 Å². The van der Waals surface area contributed by atoms with Crippen LogP contribution >= 0.6 is 11.6 Å². The Bertz CT molecular complexity index is 614. The van der Waals surface area contributed by atoms with Gasteiger partial charge in [0.15, 0.2) is 0 Å². The Morgan fingerprint density at radius 2 is 1.77 bits per heavy atom. The topological polar surface area (TPSA) is 29.5 Å². The second-order valence-electron chi connectivity index (χ2n) is 4.92. The van der Waals surface area contributed by atoms with Crippen molar-refractivity contribution in [2.45, 2.75) is 6.42 Å². The number of ether oxygens (including phenoxy) is 1. The van der Waals surface area contributed by atoms with Crippen LogP contribution in [0.25, 0.3) is 0 Å². The molecule has 2 rings (SSSR count). The fourth-order valence-corrected chi connectivity index (χ4v) is 1.99. The molecule has 0 spiro atoms. The molecule has 0 N–H and O–H groups in total.